The van der Waals surface area contributed by atoms with Gasteiger partial charge in [0.05, 0.1) is 11.6 Å². The zero-order valence-corrected chi connectivity index (χ0v) is 16.8. The van der Waals surface area contributed by atoms with Crippen molar-refractivity contribution >= 4 is 21.9 Å². The van der Waals surface area contributed by atoms with Gasteiger partial charge in [-0.2, -0.15) is 0 Å². The minimum Gasteiger partial charge on any atom is -0.496 e. The van der Waals surface area contributed by atoms with Crippen LogP contribution in [0.3, 0.4) is 0 Å². The summed E-state index contributed by atoms with van der Waals surface area (Å²) in [5, 5.41) is 0. The molecular formula is C20H25BrO3. The molecule has 2 atom stereocenters. The molecule has 0 aromatic heterocycles. The van der Waals surface area contributed by atoms with Gasteiger partial charge in [0.25, 0.3) is 0 Å². The van der Waals surface area contributed by atoms with E-state index in [1.807, 2.05) is 12.1 Å². The van der Waals surface area contributed by atoms with Crippen molar-refractivity contribution in [2.45, 2.75) is 40.5 Å². The smallest absolute Gasteiger partial charge is 0.308 e. The SMILES string of the molecule is C=C1C(C)=CC(C)C(c2cc(OC)c(Br)cc2OC(C)=O)C1(C)C. The first-order valence-corrected chi connectivity index (χ1v) is 8.83. The van der Waals surface area contributed by atoms with E-state index in [4.69, 9.17) is 9.47 Å². The van der Waals surface area contributed by atoms with Crippen molar-refractivity contribution in [2.24, 2.45) is 11.3 Å². The van der Waals surface area contributed by atoms with Crippen molar-refractivity contribution in [1.82, 2.24) is 0 Å². The van der Waals surface area contributed by atoms with E-state index in [2.05, 4.69) is 56.3 Å². The van der Waals surface area contributed by atoms with Crippen LogP contribution in [0.5, 0.6) is 11.5 Å². The largest absolute Gasteiger partial charge is 0.496 e. The summed E-state index contributed by atoms with van der Waals surface area (Å²) in [5.74, 6) is 1.37. The number of methoxy groups -OCH3 is 1. The molecule has 0 saturated carbocycles. The molecule has 1 aliphatic rings. The van der Waals surface area contributed by atoms with Gasteiger partial charge >= 0.3 is 5.97 Å². The van der Waals surface area contributed by atoms with Gasteiger partial charge in [-0.25, -0.2) is 0 Å². The summed E-state index contributed by atoms with van der Waals surface area (Å²) in [4.78, 5) is 11.6. The number of hydrogen-bond donors (Lipinski definition) is 0. The Hall–Kier alpha value is -1.55. The molecule has 0 fully saturated rings. The topological polar surface area (TPSA) is 35.5 Å². The standard InChI is InChI=1S/C20H25BrO3/c1-11-8-12(2)19(20(5,6)13(11)3)15-9-18(23-7)16(21)10-17(15)24-14(4)22/h8-10,12,19H,3H2,1-2,4-7H3. The third-order valence-electron chi connectivity index (χ3n) is 4.94. The van der Waals surface area contributed by atoms with E-state index >= 15 is 0 Å². The second-order valence-corrected chi connectivity index (χ2v) is 7.86. The Morgan fingerprint density at radius 2 is 1.92 bits per heavy atom. The van der Waals surface area contributed by atoms with Crippen molar-refractivity contribution in [3.63, 3.8) is 0 Å². The molecule has 0 heterocycles. The first kappa shape index (κ1) is 18.8. The number of esters is 1. The maximum absolute atomic E-state index is 11.6. The molecule has 0 N–H and O–H groups in total. The number of carbonyl (C=O) groups excluding carboxylic acids is 1. The zero-order valence-electron chi connectivity index (χ0n) is 15.2. The minimum absolute atomic E-state index is 0.130. The van der Waals surface area contributed by atoms with Crippen LogP contribution in [0.2, 0.25) is 0 Å². The summed E-state index contributed by atoms with van der Waals surface area (Å²) < 4.78 is 11.7. The highest BCUT2D eigenvalue weighted by atomic mass is 79.9. The van der Waals surface area contributed by atoms with E-state index < -0.39 is 0 Å². The number of allylic oxidation sites excluding steroid dienone is 3. The van der Waals surface area contributed by atoms with E-state index in [-0.39, 0.29) is 23.2 Å². The molecule has 3 nitrogen and oxygen atoms in total. The van der Waals surface area contributed by atoms with E-state index in [0.717, 1.165) is 21.4 Å². The molecule has 1 aliphatic carbocycles. The summed E-state index contributed by atoms with van der Waals surface area (Å²) in [6.45, 7) is 14.4. The number of ether oxygens (including phenoxy) is 2. The van der Waals surface area contributed by atoms with Crippen LogP contribution in [-0.4, -0.2) is 13.1 Å². The molecule has 0 saturated heterocycles. The molecule has 0 spiro atoms. The van der Waals surface area contributed by atoms with Gasteiger partial charge < -0.3 is 9.47 Å². The Morgan fingerprint density at radius 1 is 1.29 bits per heavy atom. The van der Waals surface area contributed by atoms with Crippen molar-refractivity contribution in [3.8, 4) is 11.5 Å². The van der Waals surface area contributed by atoms with Crippen LogP contribution in [0.15, 0.2) is 40.4 Å². The fraction of sp³-hybridized carbons (Fsp3) is 0.450. The number of rotatable bonds is 3. The Labute approximate surface area is 152 Å². The lowest BCUT2D eigenvalue weighted by molar-refractivity contribution is -0.132. The van der Waals surface area contributed by atoms with Crippen LogP contribution in [0.1, 0.15) is 46.1 Å². The predicted octanol–water partition coefficient (Wildman–Crippen LogP) is 5.65. The normalized spacial score (nSPS) is 22.8. The maximum atomic E-state index is 11.6. The van der Waals surface area contributed by atoms with Crippen LogP contribution < -0.4 is 9.47 Å². The maximum Gasteiger partial charge on any atom is 0.308 e. The highest BCUT2D eigenvalue weighted by molar-refractivity contribution is 9.10. The number of carbonyl (C=O) groups is 1. The molecule has 0 aliphatic heterocycles. The van der Waals surface area contributed by atoms with Gasteiger partial charge in [0.2, 0.25) is 0 Å². The Morgan fingerprint density at radius 3 is 2.46 bits per heavy atom. The van der Waals surface area contributed by atoms with Gasteiger partial charge in [0.1, 0.15) is 11.5 Å². The lowest BCUT2D eigenvalue weighted by Gasteiger charge is -2.44. The average molecular weight is 393 g/mol. The van der Waals surface area contributed by atoms with E-state index in [0.29, 0.717) is 5.75 Å². The van der Waals surface area contributed by atoms with E-state index in [9.17, 15) is 4.79 Å². The van der Waals surface area contributed by atoms with Crippen LogP contribution in [0.4, 0.5) is 0 Å². The van der Waals surface area contributed by atoms with Gasteiger partial charge in [-0.15, -0.1) is 0 Å². The molecule has 24 heavy (non-hydrogen) atoms. The quantitative estimate of drug-likeness (QED) is 0.492. The summed E-state index contributed by atoms with van der Waals surface area (Å²) in [7, 11) is 1.63. The van der Waals surface area contributed by atoms with Gasteiger partial charge in [-0.3, -0.25) is 4.79 Å². The first-order chi connectivity index (χ1) is 11.1. The van der Waals surface area contributed by atoms with Crippen LogP contribution in [0, 0.1) is 11.3 Å². The fourth-order valence-electron chi connectivity index (χ4n) is 3.81. The van der Waals surface area contributed by atoms with Gasteiger partial charge in [0.15, 0.2) is 0 Å². The monoisotopic (exact) mass is 392 g/mol. The molecule has 2 rings (SSSR count). The lowest BCUT2D eigenvalue weighted by Crippen LogP contribution is -2.33. The van der Waals surface area contributed by atoms with Crippen LogP contribution in [-0.2, 0) is 4.79 Å². The predicted molar refractivity (Wildman–Crippen MR) is 101 cm³/mol. The van der Waals surface area contributed by atoms with Crippen molar-refractivity contribution in [1.29, 1.82) is 0 Å². The third kappa shape index (κ3) is 3.30. The lowest BCUT2D eigenvalue weighted by atomic mass is 9.60. The highest BCUT2D eigenvalue weighted by Gasteiger charge is 2.41. The summed E-state index contributed by atoms with van der Waals surface area (Å²) in [6, 6.07) is 3.78. The summed E-state index contributed by atoms with van der Waals surface area (Å²) >= 11 is 3.47. The molecular weight excluding hydrogens is 368 g/mol. The van der Waals surface area contributed by atoms with Gasteiger partial charge in [-0.05, 0) is 51.9 Å². The van der Waals surface area contributed by atoms with E-state index in [1.54, 1.807) is 7.11 Å². The Bertz CT molecular complexity index is 716. The van der Waals surface area contributed by atoms with Crippen LogP contribution >= 0.6 is 15.9 Å². The molecule has 0 amide bonds. The van der Waals surface area contributed by atoms with Gasteiger partial charge in [0, 0.05) is 18.4 Å². The molecule has 1 aromatic rings. The number of benzene rings is 1. The molecule has 2 unspecified atom stereocenters. The molecule has 4 heteroatoms. The number of halogens is 1. The van der Waals surface area contributed by atoms with Crippen molar-refractivity contribution in [2.75, 3.05) is 7.11 Å². The Balaban J connectivity index is 2.68. The van der Waals surface area contributed by atoms with E-state index in [1.165, 1.54) is 12.5 Å². The first-order valence-electron chi connectivity index (χ1n) is 8.03. The second-order valence-electron chi connectivity index (χ2n) is 7.00. The summed E-state index contributed by atoms with van der Waals surface area (Å²) in [6.07, 6.45) is 2.24. The molecule has 0 radical (unpaired) electrons. The fourth-order valence-corrected chi connectivity index (χ4v) is 4.29. The highest BCUT2D eigenvalue weighted by Crippen LogP contribution is 2.54. The molecule has 1 aromatic carbocycles. The average Bonchev–Trinajstić information content (AvgIpc) is 2.46. The minimum atomic E-state index is -0.333. The molecule has 0 bridgehead atoms. The molecule has 130 valence electrons. The van der Waals surface area contributed by atoms with Crippen LogP contribution in [0.25, 0.3) is 0 Å². The van der Waals surface area contributed by atoms with Gasteiger partial charge in [-0.1, -0.05) is 39.0 Å². The zero-order chi connectivity index (χ0) is 18.2. The second kappa shape index (κ2) is 6.75. The third-order valence-corrected chi connectivity index (χ3v) is 5.56. The summed E-state index contributed by atoms with van der Waals surface area (Å²) in [5.41, 5.74) is 3.14. The number of hydrogen-bond acceptors (Lipinski definition) is 3. The van der Waals surface area contributed by atoms with Crippen molar-refractivity contribution < 1.29 is 14.3 Å². The Kier molecular flexibility index (Phi) is 5.28. The van der Waals surface area contributed by atoms with Crippen molar-refractivity contribution in [3.05, 3.63) is 46.0 Å².